The number of para-hydroxylation sites is 1. The van der Waals surface area contributed by atoms with E-state index in [2.05, 4.69) is 23.6 Å². The molecular weight excluding hydrogens is 400 g/mol. The lowest BCUT2D eigenvalue weighted by Gasteiger charge is -2.29. The first kappa shape index (κ1) is 18.7. The molecule has 3 heterocycles. The van der Waals surface area contributed by atoms with Gasteiger partial charge in [-0.15, -0.1) is 11.3 Å². The van der Waals surface area contributed by atoms with Gasteiger partial charge in [0, 0.05) is 45.7 Å². The summed E-state index contributed by atoms with van der Waals surface area (Å²) in [6.07, 6.45) is 5.10. The summed E-state index contributed by atoms with van der Waals surface area (Å²) in [5.41, 5.74) is 4.94. The highest BCUT2D eigenvalue weighted by molar-refractivity contribution is 7.85. The van der Waals surface area contributed by atoms with Crippen molar-refractivity contribution in [1.29, 1.82) is 0 Å². The molecule has 0 spiro atoms. The summed E-state index contributed by atoms with van der Waals surface area (Å²) in [5, 5.41) is 3.01. The Kier molecular flexibility index (Phi) is 5.06. The lowest BCUT2D eigenvalue weighted by molar-refractivity contribution is 0.0772. The summed E-state index contributed by atoms with van der Waals surface area (Å²) in [6, 6.07) is 12.1. The number of carbonyl (C=O) groups excluding carboxylic acids is 1. The molecule has 4 nitrogen and oxygen atoms in total. The largest absolute Gasteiger partial charge is 0.337 e. The van der Waals surface area contributed by atoms with Crippen molar-refractivity contribution in [3.8, 4) is 0 Å². The Morgan fingerprint density at radius 2 is 1.93 bits per heavy atom. The van der Waals surface area contributed by atoms with Gasteiger partial charge in [-0.25, -0.2) is 4.98 Å². The number of carbonyl (C=O) groups is 1. The number of hydrogen-bond donors (Lipinski definition) is 0. The number of benzene rings is 1. The van der Waals surface area contributed by atoms with Crippen LogP contribution in [0.2, 0.25) is 0 Å². The average Bonchev–Trinajstić information content (AvgIpc) is 3.26. The van der Waals surface area contributed by atoms with Crippen LogP contribution in [0.3, 0.4) is 0 Å². The third-order valence-corrected chi connectivity index (χ3v) is 7.80. The number of amides is 1. The standard InChI is InChI=1S/C23H22N2O2S2/c26-23(25-10-13-29(27)14-11-25)21-18-7-1-2-9-20(18)24-22-16(5-3-8-19(21)22)15-17-6-4-12-28-17/h1-2,4,6-7,9,12,15H,3,5,8,10-11,13-14H2/b16-15-. The Labute approximate surface area is 176 Å². The van der Waals surface area contributed by atoms with E-state index in [0.29, 0.717) is 24.6 Å². The second-order valence-corrected chi connectivity index (χ2v) is 10.2. The molecule has 0 atom stereocenters. The van der Waals surface area contributed by atoms with Gasteiger partial charge in [0.15, 0.2) is 0 Å². The fourth-order valence-electron chi connectivity index (χ4n) is 4.26. The predicted octanol–water partition coefficient (Wildman–Crippen LogP) is 4.38. The molecule has 148 valence electrons. The van der Waals surface area contributed by atoms with Gasteiger partial charge in [-0.3, -0.25) is 9.00 Å². The summed E-state index contributed by atoms with van der Waals surface area (Å²) < 4.78 is 11.8. The zero-order valence-corrected chi connectivity index (χ0v) is 17.7. The van der Waals surface area contributed by atoms with Gasteiger partial charge in [-0.2, -0.15) is 0 Å². The number of pyridine rings is 1. The number of thiophene rings is 1. The molecule has 2 aliphatic rings. The molecule has 1 saturated heterocycles. The Morgan fingerprint density at radius 3 is 2.72 bits per heavy atom. The van der Waals surface area contributed by atoms with E-state index in [1.54, 1.807) is 11.3 Å². The van der Waals surface area contributed by atoms with E-state index in [0.717, 1.165) is 47.0 Å². The molecular formula is C23H22N2O2S2. The summed E-state index contributed by atoms with van der Waals surface area (Å²) >= 11 is 1.72. The molecule has 3 aromatic rings. The maximum atomic E-state index is 13.6. The third-order valence-electron chi connectivity index (χ3n) is 5.71. The number of rotatable bonds is 2. The van der Waals surface area contributed by atoms with E-state index in [-0.39, 0.29) is 5.91 Å². The van der Waals surface area contributed by atoms with Crippen LogP contribution in [0.4, 0.5) is 0 Å². The van der Waals surface area contributed by atoms with E-state index < -0.39 is 10.8 Å². The van der Waals surface area contributed by atoms with Crippen LogP contribution in [0.15, 0.2) is 41.8 Å². The first-order valence-electron chi connectivity index (χ1n) is 10.0. The topological polar surface area (TPSA) is 50.3 Å². The zero-order chi connectivity index (χ0) is 19.8. The lowest BCUT2D eigenvalue weighted by atomic mass is 9.86. The van der Waals surface area contributed by atoms with E-state index in [1.807, 2.05) is 29.2 Å². The average molecular weight is 423 g/mol. The summed E-state index contributed by atoms with van der Waals surface area (Å²) in [5.74, 6) is 1.20. The van der Waals surface area contributed by atoms with Gasteiger partial charge < -0.3 is 4.90 Å². The maximum absolute atomic E-state index is 13.6. The molecule has 0 saturated carbocycles. The third kappa shape index (κ3) is 3.55. The minimum Gasteiger partial charge on any atom is -0.337 e. The van der Waals surface area contributed by atoms with Gasteiger partial charge in [0.2, 0.25) is 0 Å². The molecule has 1 aliphatic carbocycles. The number of nitrogens with zero attached hydrogens (tertiary/aromatic N) is 2. The Bertz CT molecular complexity index is 1130. The van der Waals surface area contributed by atoms with Crippen LogP contribution < -0.4 is 0 Å². The Hall–Kier alpha value is -2.31. The molecule has 0 unspecified atom stereocenters. The number of hydrogen-bond acceptors (Lipinski definition) is 4. The van der Waals surface area contributed by atoms with Gasteiger partial charge in [-0.05, 0) is 54.0 Å². The molecule has 29 heavy (non-hydrogen) atoms. The highest BCUT2D eigenvalue weighted by atomic mass is 32.2. The van der Waals surface area contributed by atoms with Gasteiger partial charge in [0.05, 0.1) is 16.8 Å². The lowest BCUT2D eigenvalue weighted by Crippen LogP contribution is -2.42. The Morgan fingerprint density at radius 1 is 1.10 bits per heavy atom. The molecule has 0 radical (unpaired) electrons. The van der Waals surface area contributed by atoms with Crippen molar-refractivity contribution in [2.45, 2.75) is 19.3 Å². The molecule has 5 rings (SSSR count). The molecule has 1 aliphatic heterocycles. The number of allylic oxidation sites excluding steroid dienone is 1. The molecule has 1 aromatic carbocycles. The van der Waals surface area contributed by atoms with Crippen molar-refractivity contribution in [3.05, 3.63) is 63.5 Å². The maximum Gasteiger partial charge on any atom is 0.254 e. The Balaban J connectivity index is 1.67. The molecule has 6 heteroatoms. The van der Waals surface area contributed by atoms with E-state index in [1.165, 1.54) is 10.5 Å². The van der Waals surface area contributed by atoms with Crippen LogP contribution in [0.1, 0.15) is 39.3 Å². The van der Waals surface area contributed by atoms with E-state index >= 15 is 0 Å². The van der Waals surface area contributed by atoms with Gasteiger partial charge >= 0.3 is 0 Å². The smallest absolute Gasteiger partial charge is 0.254 e. The van der Waals surface area contributed by atoms with Crippen molar-refractivity contribution < 1.29 is 9.00 Å². The molecule has 0 N–H and O–H groups in total. The van der Waals surface area contributed by atoms with Crippen molar-refractivity contribution in [2.75, 3.05) is 24.6 Å². The minimum absolute atomic E-state index is 0.0638. The predicted molar refractivity (Wildman–Crippen MR) is 121 cm³/mol. The van der Waals surface area contributed by atoms with Gasteiger partial charge in [0.1, 0.15) is 0 Å². The monoisotopic (exact) mass is 422 g/mol. The molecule has 1 fully saturated rings. The van der Waals surface area contributed by atoms with Crippen LogP contribution in [0, 0.1) is 0 Å². The second kappa shape index (κ2) is 7.84. The highest BCUT2D eigenvalue weighted by Crippen LogP contribution is 2.37. The van der Waals surface area contributed by atoms with Crippen molar-refractivity contribution in [3.63, 3.8) is 0 Å². The van der Waals surface area contributed by atoms with Crippen molar-refractivity contribution in [2.24, 2.45) is 0 Å². The van der Waals surface area contributed by atoms with Crippen LogP contribution in [-0.4, -0.2) is 44.6 Å². The van der Waals surface area contributed by atoms with E-state index in [9.17, 15) is 9.00 Å². The summed E-state index contributed by atoms with van der Waals surface area (Å²) in [7, 11) is -0.802. The SMILES string of the molecule is O=C(c1c2c(nc3ccccc13)/C(=C\c1cccs1)CCC2)N1CCS(=O)CC1. The van der Waals surface area contributed by atoms with Gasteiger partial charge in [0.25, 0.3) is 5.91 Å². The van der Waals surface area contributed by atoms with Crippen LogP contribution in [0.5, 0.6) is 0 Å². The zero-order valence-electron chi connectivity index (χ0n) is 16.1. The second-order valence-electron chi connectivity index (χ2n) is 7.51. The summed E-state index contributed by atoms with van der Waals surface area (Å²) in [6.45, 7) is 1.13. The molecule has 2 aromatic heterocycles. The first-order chi connectivity index (χ1) is 14.2. The molecule has 0 bridgehead atoms. The fraction of sp³-hybridized carbons (Fsp3) is 0.304. The van der Waals surface area contributed by atoms with Crippen molar-refractivity contribution >= 4 is 50.6 Å². The first-order valence-corrected chi connectivity index (χ1v) is 12.4. The van der Waals surface area contributed by atoms with Crippen LogP contribution in [-0.2, 0) is 17.2 Å². The van der Waals surface area contributed by atoms with Crippen LogP contribution >= 0.6 is 11.3 Å². The van der Waals surface area contributed by atoms with Gasteiger partial charge in [-0.1, -0.05) is 24.3 Å². The number of fused-ring (bicyclic) bond motifs is 2. The molecule has 1 amide bonds. The number of aromatic nitrogens is 1. The van der Waals surface area contributed by atoms with Crippen LogP contribution in [0.25, 0.3) is 22.6 Å². The highest BCUT2D eigenvalue weighted by Gasteiger charge is 2.29. The fourth-order valence-corrected chi connectivity index (χ4v) is 6.00. The minimum atomic E-state index is -0.802. The van der Waals surface area contributed by atoms with Crippen molar-refractivity contribution in [1.82, 2.24) is 9.88 Å². The quantitative estimate of drug-likeness (QED) is 0.616. The normalized spacial score (nSPS) is 18.9. The summed E-state index contributed by atoms with van der Waals surface area (Å²) in [4.78, 5) is 21.7. The van der Waals surface area contributed by atoms with E-state index in [4.69, 9.17) is 4.98 Å².